The molecule has 1 atom stereocenters. The highest BCUT2D eigenvalue weighted by Crippen LogP contribution is 2.16. The lowest BCUT2D eigenvalue weighted by atomic mass is 10.1. The minimum Gasteiger partial charge on any atom is -0.481 e. The highest BCUT2D eigenvalue weighted by atomic mass is 16.5. The Bertz CT molecular complexity index is 495. The van der Waals surface area contributed by atoms with Crippen LogP contribution in [0, 0.1) is 0 Å². The number of aromatic nitrogens is 2. The molecule has 1 aromatic heterocycles. The number of nitrogens with zero attached hydrogens (tertiary/aromatic N) is 2. The zero-order chi connectivity index (χ0) is 13.0. The van der Waals surface area contributed by atoms with Crippen molar-refractivity contribution >= 4 is 5.82 Å². The average molecular weight is 246 g/mol. The van der Waals surface area contributed by atoms with E-state index in [0.29, 0.717) is 12.4 Å². The van der Waals surface area contributed by atoms with Crippen molar-refractivity contribution in [3.8, 4) is 5.88 Å². The number of hydrogen-bond donors (Lipinski definition) is 2. The van der Waals surface area contributed by atoms with Gasteiger partial charge in [-0.05, 0) is 5.56 Å². The van der Waals surface area contributed by atoms with Gasteiger partial charge in [0.05, 0.1) is 7.11 Å². The summed E-state index contributed by atoms with van der Waals surface area (Å²) in [5, 5.41) is 7.47. The molecule has 1 heterocycles. The van der Waals surface area contributed by atoms with Crippen LogP contribution < -0.4 is 15.8 Å². The van der Waals surface area contributed by atoms with Crippen molar-refractivity contribution in [2.24, 2.45) is 12.8 Å². The minimum atomic E-state index is -0.0563. The van der Waals surface area contributed by atoms with E-state index in [-0.39, 0.29) is 6.04 Å². The molecule has 0 spiro atoms. The molecule has 0 radical (unpaired) electrons. The Kier molecular flexibility index (Phi) is 3.84. The summed E-state index contributed by atoms with van der Waals surface area (Å²) in [5.74, 6) is 1.48. The Hall–Kier alpha value is -2.01. The van der Waals surface area contributed by atoms with Crippen molar-refractivity contribution in [2.45, 2.75) is 6.04 Å². The van der Waals surface area contributed by atoms with E-state index in [1.807, 2.05) is 43.4 Å². The first-order valence-corrected chi connectivity index (χ1v) is 5.83. The van der Waals surface area contributed by atoms with Crippen LogP contribution in [0.25, 0.3) is 0 Å². The van der Waals surface area contributed by atoms with Gasteiger partial charge in [0.1, 0.15) is 0 Å². The van der Waals surface area contributed by atoms with Crippen LogP contribution in [-0.4, -0.2) is 23.4 Å². The lowest BCUT2D eigenvalue weighted by Crippen LogP contribution is -2.20. The summed E-state index contributed by atoms with van der Waals surface area (Å²) < 4.78 is 6.82. The average Bonchev–Trinajstić information content (AvgIpc) is 2.77. The predicted octanol–water partition coefficient (Wildman–Crippen LogP) is 1.54. The number of rotatable bonds is 5. The number of nitrogens with two attached hydrogens (primary N) is 1. The molecule has 0 saturated carbocycles. The summed E-state index contributed by atoms with van der Waals surface area (Å²) in [5.41, 5.74) is 7.20. The number of aryl methyl sites for hydroxylation is 1. The molecule has 0 amide bonds. The summed E-state index contributed by atoms with van der Waals surface area (Å²) >= 11 is 0. The maximum atomic E-state index is 6.09. The third-order valence-corrected chi connectivity index (χ3v) is 2.78. The minimum absolute atomic E-state index is 0.0563. The van der Waals surface area contributed by atoms with Gasteiger partial charge in [-0.15, -0.1) is 0 Å². The Balaban J connectivity index is 1.95. The molecule has 3 N–H and O–H groups in total. The second-order valence-corrected chi connectivity index (χ2v) is 4.09. The van der Waals surface area contributed by atoms with Crippen molar-refractivity contribution in [3.05, 3.63) is 42.0 Å². The third-order valence-electron chi connectivity index (χ3n) is 2.78. The summed E-state index contributed by atoms with van der Waals surface area (Å²) in [6.45, 7) is 0.629. The summed E-state index contributed by atoms with van der Waals surface area (Å²) in [7, 11) is 3.46. The van der Waals surface area contributed by atoms with Crippen molar-refractivity contribution in [3.63, 3.8) is 0 Å². The van der Waals surface area contributed by atoms with Crippen LogP contribution in [0.2, 0.25) is 0 Å². The Labute approximate surface area is 107 Å². The quantitative estimate of drug-likeness (QED) is 0.840. The lowest BCUT2D eigenvalue weighted by molar-refractivity contribution is 0.373. The molecule has 5 heteroatoms. The second-order valence-electron chi connectivity index (χ2n) is 4.09. The molecule has 18 heavy (non-hydrogen) atoms. The number of hydrogen-bond acceptors (Lipinski definition) is 4. The lowest BCUT2D eigenvalue weighted by Gasteiger charge is -2.12. The van der Waals surface area contributed by atoms with E-state index in [1.165, 1.54) is 0 Å². The Morgan fingerprint density at radius 1 is 1.39 bits per heavy atom. The highest BCUT2D eigenvalue weighted by molar-refractivity contribution is 5.39. The molecule has 0 saturated heterocycles. The normalized spacial score (nSPS) is 12.2. The van der Waals surface area contributed by atoms with Gasteiger partial charge in [0.15, 0.2) is 5.82 Å². The number of ether oxygens (including phenoxy) is 1. The van der Waals surface area contributed by atoms with Gasteiger partial charge in [0.2, 0.25) is 5.88 Å². The maximum Gasteiger partial charge on any atom is 0.213 e. The largest absolute Gasteiger partial charge is 0.481 e. The topological polar surface area (TPSA) is 65.1 Å². The van der Waals surface area contributed by atoms with Gasteiger partial charge in [-0.3, -0.25) is 0 Å². The number of nitrogens with one attached hydrogen (secondary N) is 1. The summed E-state index contributed by atoms with van der Waals surface area (Å²) in [6, 6.07) is 11.8. The van der Waals surface area contributed by atoms with Crippen LogP contribution in [0.1, 0.15) is 11.6 Å². The zero-order valence-corrected chi connectivity index (χ0v) is 10.6. The van der Waals surface area contributed by atoms with Crippen molar-refractivity contribution in [2.75, 3.05) is 19.0 Å². The zero-order valence-electron chi connectivity index (χ0n) is 10.6. The van der Waals surface area contributed by atoms with Crippen molar-refractivity contribution in [1.29, 1.82) is 0 Å². The summed E-state index contributed by atoms with van der Waals surface area (Å²) in [6.07, 6.45) is 0. The molecular formula is C13H18N4O. The molecule has 0 fully saturated rings. The van der Waals surface area contributed by atoms with E-state index in [9.17, 15) is 0 Å². The molecule has 0 aliphatic rings. The molecule has 0 aliphatic carbocycles. The molecule has 0 unspecified atom stereocenters. The molecule has 0 aliphatic heterocycles. The predicted molar refractivity (Wildman–Crippen MR) is 71.6 cm³/mol. The fourth-order valence-electron chi connectivity index (χ4n) is 1.76. The van der Waals surface area contributed by atoms with E-state index in [0.717, 1.165) is 11.4 Å². The van der Waals surface area contributed by atoms with Gasteiger partial charge in [0.25, 0.3) is 0 Å². The first kappa shape index (κ1) is 12.4. The van der Waals surface area contributed by atoms with E-state index in [1.54, 1.807) is 11.8 Å². The fourth-order valence-corrected chi connectivity index (χ4v) is 1.76. The van der Waals surface area contributed by atoms with Crippen molar-refractivity contribution < 1.29 is 4.74 Å². The van der Waals surface area contributed by atoms with Gasteiger partial charge in [0, 0.05) is 25.7 Å². The van der Waals surface area contributed by atoms with Crippen LogP contribution in [0.4, 0.5) is 5.82 Å². The Morgan fingerprint density at radius 2 is 2.11 bits per heavy atom. The molecule has 5 nitrogen and oxygen atoms in total. The number of benzene rings is 1. The molecule has 96 valence electrons. The highest BCUT2D eigenvalue weighted by Gasteiger charge is 2.08. The Morgan fingerprint density at radius 3 is 2.72 bits per heavy atom. The van der Waals surface area contributed by atoms with Crippen molar-refractivity contribution in [1.82, 2.24) is 9.78 Å². The van der Waals surface area contributed by atoms with Crippen LogP contribution in [0.5, 0.6) is 5.88 Å². The summed E-state index contributed by atoms with van der Waals surface area (Å²) in [4.78, 5) is 0. The molecule has 2 rings (SSSR count). The number of anilines is 1. The monoisotopic (exact) mass is 246 g/mol. The fraction of sp³-hybridized carbons (Fsp3) is 0.308. The van der Waals surface area contributed by atoms with E-state index in [4.69, 9.17) is 10.5 Å². The molecule has 2 aromatic rings. The van der Waals surface area contributed by atoms with Gasteiger partial charge in [-0.1, -0.05) is 30.3 Å². The van der Waals surface area contributed by atoms with Gasteiger partial charge < -0.3 is 15.8 Å². The van der Waals surface area contributed by atoms with Gasteiger partial charge >= 0.3 is 0 Å². The first-order chi connectivity index (χ1) is 8.70. The molecule has 0 bridgehead atoms. The first-order valence-electron chi connectivity index (χ1n) is 5.83. The van der Waals surface area contributed by atoms with Crippen LogP contribution in [0.3, 0.4) is 0 Å². The number of methoxy groups -OCH3 is 1. The molecular weight excluding hydrogens is 228 g/mol. The van der Waals surface area contributed by atoms with Gasteiger partial charge in [-0.25, -0.2) is 4.68 Å². The van der Waals surface area contributed by atoms with Gasteiger partial charge in [-0.2, -0.15) is 5.10 Å². The SMILES string of the molecule is COc1cc(NC[C@H](N)c2ccccc2)nn1C. The van der Waals surface area contributed by atoms with E-state index >= 15 is 0 Å². The van der Waals surface area contributed by atoms with Crippen LogP contribution >= 0.6 is 0 Å². The van der Waals surface area contributed by atoms with Crippen LogP contribution in [-0.2, 0) is 7.05 Å². The second kappa shape index (κ2) is 5.55. The maximum absolute atomic E-state index is 6.09. The standard InChI is InChI=1S/C13H18N4O/c1-17-13(18-2)8-12(16-17)15-9-11(14)10-6-4-3-5-7-10/h3-8,11H,9,14H2,1-2H3,(H,15,16)/t11-/m0/s1. The molecule has 1 aromatic carbocycles. The third kappa shape index (κ3) is 2.81. The van der Waals surface area contributed by atoms with Crippen LogP contribution in [0.15, 0.2) is 36.4 Å². The van der Waals surface area contributed by atoms with E-state index in [2.05, 4.69) is 10.4 Å². The van der Waals surface area contributed by atoms with E-state index < -0.39 is 0 Å². The smallest absolute Gasteiger partial charge is 0.213 e.